The molecule has 1 unspecified atom stereocenters. The van der Waals surface area contributed by atoms with Gasteiger partial charge in [-0.3, -0.25) is 0 Å². The predicted molar refractivity (Wildman–Crippen MR) is 205 cm³/mol. The van der Waals surface area contributed by atoms with Gasteiger partial charge >= 0.3 is 5.97 Å². The van der Waals surface area contributed by atoms with Crippen LogP contribution >= 0.6 is 0 Å². The molecule has 0 aromatic heterocycles. The number of hydrogen-bond acceptors (Lipinski definition) is 4. The molecular formula is C46H41NO3. The van der Waals surface area contributed by atoms with Crippen molar-refractivity contribution in [2.75, 3.05) is 24.6 Å². The minimum atomic E-state index is -0.890. The molecule has 0 spiro atoms. The molecule has 0 radical (unpaired) electrons. The number of carbonyl (C=O) groups excluding carboxylic acids is 1. The Labute approximate surface area is 294 Å². The fraction of sp³-hybridized carbons (Fsp3) is 0.196. The lowest BCUT2D eigenvalue weighted by atomic mass is 9.82. The summed E-state index contributed by atoms with van der Waals surface area (Å²) >= 11 is 0. The summed E-state index contributed by atoms with van der Waals surface area (Å²) in [5.74, 6) is 0.322. The van der Waals surface area contributed by atoms with Crippen LogP contribution in [0.25, 0.3) is 39.1 Å². The van der Waals surface area contributed by atoms with Gasteiger partial charge in [0.15, 0.2) is 5.60 Å². The van der Waals surface area contributed by atoms with E-state index in [4.69, 9.17) is 9.47 Å². The highest BCUT2D eigenvalue weighted by atomic mass is 16.5. The Balaban J connectivity index is 1.23. The van der Waals surface area contributed by atoms with Crippen molar-refractivity contribution >= 4 is 28.5 Å². The van der Waals surface area contributed by atoms with Gasteiger partial charge < -0.3 is 14.4 Å². The third-order valence-electron chi connectivity index (χ3n) is 10.2. The van der Waals surface area contributed by atoms with Crippen molar-refractivity contribution in [3.8, 4) is 28.0 Å². The molecule has 50 heavy (non-hydrogen) atoms. The molecule has 1 saturated heterocycles. The molecule has 0 aliphatic carbocycles. The molecule has 0 saturated carbocycles. The summed E-state index contributed by atoms with van der Waals surface area (Å²) in [4.78, 5) is 16.0. The molecular weight excluding hydrogens is 615 g/mol. The van der Waals surface area contributed by atoms with Crippen LogP contribution in [0.15, 0.2) is 133 Å². The van der Waals surface area contributed by atoms with Gasteiger partial charge in [-0.25, -0.2) is 4.79 Å². The Morgan fingerprint density at radius 1 is 0.720 bits per heavy atom. The molecule has 8 rings (SSSR count). The maximum atomic E-state index is 13.5. The van der Waals surface area contributed by atoms with E-state index in [1.807, 2.05) is 25.1 Å². The second kappa shape index (κ2) is 13.4. The topological polar surface area (TPSA) is 38.8 Å². The molecule has 1 atom stereocenters. The largest absolute Gasteiger partial charge is 0.472 e. The van der Waals surface area contributed by atoms with Crippen molar-refractivity contribution in [1.82, 2.24) is 0 Å². The van der Waals surface area contributed by atoms with Crippen LogP contribution in [-0.4, -0.2) is 25.7 Å². The summed E-state index contributed by atoms with van der Waals surface area (Å²) in [5.41, 5.74) is 9.43. The number of hydrogen-bond donors (Lipinski definition) is 0. The number of nitrogens with zero attached hydrogens (tertiary/aromatic N) is 1. The van der Waals surface area contributed by atoms with Gasteiger partial charge in [0.05, 0.1) is 12.2 Å². The zero-order chi connectivity index (χ0) is 34.1. The van der Waals surface area contributed by atoms with Crippen molar-refractivity contribution < 1.29 is 14.3 Å². The summed E-state index contributed by atoms with van der Waals surface area (Å²) in [5, 5.41) is 1.87. The molecule has 0 bridgehead atoms. The third-order valence-corrected chi connectivity index (χ3v) is 10.2. The molecule has 6 aromatic rings. The van der Waals surface area contributed by atoms with E-state index in [1.54, 1.807) is 0 Å². The van der Waals surface area contributed by atoms with E-state index >= 15 is 0 Å². The molecule has 248 valence electrons. The monoisotopic (exact) mass is 655 g/mol. The second-order valence-electron chi connectivity index (χ2n) is 13.4. The van der Waals surface area contributed by atoms with Crippen molar-refractivity contribution in [2.24, 2.45) is 0 Å². The zero-order valence-electron chi connectivity index (χ0n) is 28.7. The van der Waals surface area contributed by atoms with Gasteiger partial charge in [-0.1, -0.05) is 109 Å². The van der Waals surface area contributed by atoms with Gasteiger partial charge in [0, 0.05) is 40.9 Å². The number of rotatable bonds is 7. The van der Waals surface area contributed by atoms with Crippen LogP contribution in [0.1, 0.15) is 58.8 Å². The maximum absolute atomic E-state index is 13.5. The lowest BCUT2D eigenvalue weighted by Gasteiger charge is -2.37. The van der Waals surface area contributed by atoms with E-state index in [2.05, 4.69) is 133 Å². The lowest BCUT2D eigenvalue weighted by molar-refractivity contribution is 0.0524. The first-order valence-corrected chi connectivity index (χ1v) is 17.8. The molecule has 1 fully saturated rings. The normalized spacial score (nSPS) is 16.9. The molecule has 2 heterocycles. The minimum absolute atomic E-state index is 0.293. The molecule has 6 aromatic carbocycles. The van der Waals surface area contributed by atoms with Crippen LogP contribution in [-0.2, 0) is 10.3 Å². The Morgan fingerprint density at radius 2 is 1.34 bits per heavy atom. The van der Waals surface area contributed by atoms with Gasteiger partial charge in [-0.15, -0.1) is 0 Å². The van der Waals surface area contributed by atoms with E-state index in [0.717, 1.165) is 51.7 Å². The van der Waals surface area contributed by atoms with Crippen LogP contribution in [0, 0.1) is 6.92 Å². The Morgan fingerprint density at radius 3 is 2.02 bits per heavy atom. The first-order chi connectivity index (χ1) is 24.5. The predicted octanol–water partition coefficient (Wildman–Crippen LogP) is 11.0. The highest BCUT2D eigenvalue weighted by Crippen LogP contribution is 2.47. The first-order valence-electron chi connectivity index (χ1n) is 17.8. The number of benzene rings is 6. The van der Waals surface area contributed by atoms with E-state index in [0.29, 0.717) is 17.9 Å². The highest BCUT2D eigenvalue weighted by Gasteiger charge is 2.39. The number of ether oxygens (including phenoxy) is 2. The zero-order valence-corrected chi connectivity index (χ0v) is 28.7. The van der Waals surface area contributed by atoms with E-state index in [9.17, 15) is 4.79 Å². The fourth-order valence-corrected chi connectivity index (χ4v) is 7.45. The highest BCUT2D eigenvalue weighted by molar-refractivity contribution is 6.05. The molecule has 0 amide bonds. The summed E-state index contributed by atoms with van der Waals surface area (Å²) in [7, 11) is 0. The first kappa shape index (κ1) is 31.6. The minimum Gasteiger partial charge on any atom is -0.472 e. The average molecular weight is 656 g/mol. The van der Waals surface area contributed by atoms with Crippen LogP contribution in [0.2, 0.25) is 0 Å². The number of anilines is 1. The average Bonchev–Trinajstić information content (AvgIpc) is 3.18. The van der Waals surface area contributed by atoms with Gasteiger partial charge in [-0.2, -0.15) is 0 Å². The van der Waals surface area contributed by atoms with Gasteiger partial charge in [-0.05, 0) is 97.2 Å². The quantitative estimate of drug-likeness (QED) is 0.160. The summed E-state index contributed by atoms with van der Waals surface area (Å²) in [6, 6.07) is 44.8. The number of piperidine rings is 1. The molecule has 0 N–H and O–H groups in total. The lowest BCUT2D eigenvalue weighted by Crippen LogP contribution is -2.35. The SMILES string of the molecule is CCOC(=O)c1cc2cc(-c3ccc(-c4ccc(C)cc4)cc3)ccc2c2c1C=CC(c1ccccc1)(c1ccc(N3CCCCC3)cc1)O2. The van der Waals surface area contributed by atoms with Gasteiger partial charge in [0.2, 0.25) is 0 Å². The van der Waals surface area contributed by atoms with Gasteiger partial charge in [0.25, 0.3) is 0 Å². The maximum Gasteiger partial charge on any atom is 0.338 e. The van der Waals surface area contributed by atoms with Crippen LogP contribution in [0.3, 0.4) is 0 Å². The summed E-state index contributed by atoms with van der Waals surface area (Å²) < 4.78 is 12.8. The van der Waals surface area contributed by atoms with Crippen molar-refractivity contribution in [3.05, 3.63) is 161 Å². The second-order valence-corrected chi connectivity index (χ2v) is 13.4. The fourth-order valence-electron chi connectivity index (χ4n) is 7.45. The van der Waals surface area contributed by atoms with Gasteiger partial charge in [0.1, 0.15) is 5.75 Å². The number of aryl methyl sites for hydroxylation is 1. The molecule has 2 aliphatic rings. The third kappa shape index (κ3) is 5.85. The number of fused-ring (bicyclic) bond motifs is 3. The smallest absolute Gasteiger partial charge is 0.338 e. The summed E-state index contributed by atoms with van der Waals surface area (Å²) in [6.45, 7) is 6.42. The van der Waals surface area contributed by atoms with Crippen molar-refractivity contribution in [3.63, 3.8) is 0 Å². The molecule has 4 nitrogen and oxygen atoms in total. The number of esters is 1. The van der Waals surface area contributed by atoms with Crippen LogP contribution in [0.4, 0.5) is 5.69 Å². The molecule has 2 aliphatic heterocycles. The van der Waals surface area contributed by atoms with Crippen molar-refractivity contribution in [1.29, 1.82) is 0 Å². The van der Waals surface area contributed by atoms with Crippen LogP contribution in [0.5, 0.6) is 5.75 Å². The van der Waals surface area contributed by atoms with E-state index < -0.39 is 5.60 Å². The summed E-state index contributed by atoms with van der Waals surface area (Å²) in [6.07, 6.45) is 7.91. The van der Waals surface area contributed by atoms with Crippen LogP contribution < -0.4 is 9.64 Å². The Hall–Kier alpha value is -5.61. The standard InChI is InChI=1S/C46H41NO3/c1-3-49-45(48)43-31-37-30-36(35-18-16-34(17-19-35)33-14-12-32(2)13-15-33)20-25-41(37)44-42(43)26-27-46(50-44,38-10-6-4-7-11-38)39-21-23-40(24-22-39)47-28-8-5-9-29-47/h4,6-7,10-27,30-31H,3,5,8-9,28-29H2,1-2H3. The van der Waals surface area contributed by atoms with E-state index in [1.165, 1.54) is 41.6 Å². The van der Waals surface area contributed by atoms with E-state index in [-0.39, 0.29) is 5.97 Å². The van der Waals surface area contributed by atoms with Crippen molar-refractivity contribution in [2.45, 2.75) is 38.7 Å². The Kier molecular flexibility index (Phi) is 8.46. The Bertz CT molecular complexity index is 2180. The molecule has 4 heteroatoms. The number of carbonyl (C=O) groups is 1.